The van der Waals surface area contributed by atoms with Crippen LogP contribution in [0.15, 0.2) is 0 Å². The molecule has 0 saturated heterocycles. The Morgan fingerprint density at radius 1 is 1.40 bits per heavy atom. The molecular weight excluding hydrogens is 183 g/mol. The van der Waals surface area contributed by atoms with E-state index in [2.05, 4.69) is 4.13 Å². The smallest absolute Gasteiger partial charge is 0.200 e. The van der Waals surface area contributed by atoms with Gasteiger partial charge in [-0.3, -0.25) is 0 Å². The molecule has 0 radical (unpaired) electrons. The van der Waals surface area contributed by atoms with Crippen molar-refractivity contribution in [2.24, 2.45) is 0 Å². The molecule has 0 bridgehead atoms. The van der Waals surface area contributed by atoms with E-state index in [1.165, 1.54) is 0 Å². The van der Waals surface area contributed by atoms with Crippen molar-refractivity contribution in [1.82, 2.24) is 4.13 Å². The molecule has 0 atom stereocenters. The van der Waals surface area contributed by atoms with Gasteiger partial charge in [0.1, 0.15) is 0 Å². The van der Waals surface area contributed by atoms with Crippen LogP contribution in [0.25, 0.3) is 0 Å². The highest BCUT2D eigenvalue weighted by Gasteiger charge is 2.28. The van der Waals surface area contributed by atoms with E-state index in [9.17, 15) is 13.2 Å². The molecule has 0 aromatic heterocycles. The van der Waals surface area contributed by atoms with E-state index in [0.29, 0.717) is 5.75 Å². The highest BCUT2D eigenvalue weighted by Crippen LogP contribution is 2.28. The third-order valence-electron chi connectivity index (χ3n) is 0.523. The van der Waals surface area contributed by atoms with Crippen LogP contribution in [0.4, 0.5) is 13.2 Å². The average molecular weight is 191 g/mol. The maximum atomic E-state index is 11.4. The van der Waals surface area contributed by atoms with Gasteiger partial charge in [0, 0.05) is 17.7 Å². The molecule has 0 aromatic carbocycles. The predicted molar refractivity (Wildman–Crippen MR) is 39.5 cm³/mol. The monoisotopic (exact) mass is 191 g/mol. The van der Waals surface area contributed by atoms with Crippen LogP contribution >= 0.6 is 23.9 Å². The Bertz CT molecular complexity index is 85.1. The Labute approximate surface area is 66.4 Å². The summed E-state index contributed by atoms with van der Waals surface area (Å²) < 4.78 is 36.2. The first-order valence-corrected chi connectivity index (χ1v) is 4.48. The van der Waals surface area contributed by atoms with Gasteiger partial charge >= 0.3 is 5.51 Å². The van der Waals surface area contributed by atoms with Gasteiger partial charge in [-0.25, -0.2) is 4.13 Å². The molecule has 0 spiro atoms. The molecule has 1 N–H and O–H groups in total. The van der Waals surface area contributed by atoms with Crippen molar-refractivity contribution in [3.63, 3.8) is 0 Å². The van der Waals surface area contributed by atoms with E-state index < -0.39 is 5.51 Å². The molecule has 0 aliphatic carbocycles. The molecule has 10 heavy (non-hydrogen) atoms. The summed E-state index contributed by atoms with van der Waals surface area (Å²) in [7, 11) is 0. The lowest BCUT2D eigenvalue weighted by atomic mass is 10.6. The van der Waals surface area contributed by atoms with Crippen LogP contribution in [0.1, 0.15) is 13.3 Å². The zero-order valence-corrected chi connectivity index (χ0v) is 7.00. The summed E-state index contributed by atoms with van der Waals surface area (Å²) in [6, 6.07) is 0. The minimum Gasteiger partial charge on any atom is -0.200 e. The molecular formula is C4H8F3NS2. The molecule has 0 heterocycles. The van der Waals surface area contributed by atoms with Crippen LogP contribution in [0.2, 0.25) is 0 Å². The number of rotatable bonds is 4. The van der Waals surface area contributed by atoms with Gasteiger partial charge < -0.3 is 0 Å². The lowest BCUT2D eigenvalue weighted by Gasteiger charge is -2.04. The van der Waals surface area contributed by atoms with Gasteiger partial charge in [0.25, 0.3) is 0 Å². The second kappa shape index (κ2) is 5.15. The molecule has 6 heteroatoms. The van der Waals surface area contributed by atoms with Gasteiger partial charge in [0.05, 0.1) is 0 Å². The standard InChI is InChI=1S/C4H8F3NS2/c1-2-3-9-8-10-4(5,6)7/h8H,2-3H2,1H3. The lowest BCUT2D eigenvalue weighted by Crippen LogP contribution is -2.07. The summed E-state index contributed by atoms with van der Waals surface area (Å²) >= 11 is 0.860. The van der Waals surface area contributed by atoms with E-state index in [1.54, 1.807) is 0 Å². The Morgan fingerprint density at radius 3 is 2.40 bits per heavy atom. The highest BCUT2D eigenvalue weighted by atomic mass is 32.2. The Morgan fingerprint density at radius 2 is 2.00 bits per heavy atom. The lowest BCUT2D eigenvalue weighted by molar-refractivity contribution is -0.0331. The van der Waals surface area contributed by atoms with Crippen molar-refractivity contribution in [3.8, 4) is 0 Å². The minimum absolute atomic E-state index is 0.214. The number of halogens is 3. The first-order chi connectivity index (χ1) is 4.56. The molecule has 1 nitrogen and oxygen atoms in total. The number of nitrogens with one attached hydrogen (secondary N) is 1. The molecule has 0 unspecified atom stereocenters. The van der Waals surface area contributed by atoms with Gasteiger partial charge in [-0.2, -0.15) is 13.2 Å². The molecule has 0 amide bonds. The topological polar surface area (TPSA) is 12.0 Å². The molecule has 0 fully saturated rings. The number of alkyl halides is 3. The van der Waals surface area contributed by atoms with E-state index in [0.717, 1.165) is 18.4 Å². The van der Waals surface area contributed by atoms with Crippen molar-refractivity contribution in [3.05, 3.63) is 0 Å². The van der Waals surface area contributed by atoms with Crippen LogP contribution in [-0.4, -0.2) is 11.3 Å². The van der Waals surface area contributed by atoms with Gasteiger partial charge in [-0.1, -0.05) is 18.9 Å². The first kappa shape index (κ1) is 10.4. The van der Waals surface area contributed by atoms with Crippen molar-refractivity contribution < 1.29 is 13.2 Å². The van der Waals surface area contributed by atoms with E-state index in [-0.39, 0.29) is 11.9 Å². The molecule has 0 saturated carbocycles. The highest BCUT2D eigenvalue weighted by molar-refractivity contribution is 8.13. The minimum atomic E-state index is -4.17. The second-order valence-corrected chi connectivity index (χ2v) is 3.51. The summed E-state index contributed by atoms with van der Waals surface area (Å²) in [5.74, 6) is 0.698. The fraction of sp³-hybridized carbons (Fsp3) is 1.00. The van der Waals surface area contributed by atoms with E-state index >= 15 is 0 Å². The second-order valence-electron chi connectivity index (χ2n) is 1.48. The molecule has 0 aromatic rings. The van der Waals surface area contributed by atoms with Crippen molar-refractivity contribution >= 4 is 23.9 Å². The van der Waals surface area contributed by atoms with Crippen LogP contribution in [0, 0.1) is 0 Å². The maximum absolute atomic E-state index is 11.4. The fourth-order valence-electron chi connectivity index (χ4n) is 0.220. The van der Waals surface area contributed by atoms with Gasteiger partial charge in [-0.15, -0.1) is 0 Å². The largest absolute Gasteiger partial charge is 0.456 e. The summed E-state index contributed by atoms with van der Waals surface area (Å²) in [5.41, 5.74) is -4.17. The normalized spacial score (nSPS) is 12.0. The van der Waals surface area contributed by atoms with E-state index in [4.69, 9.17) is 0 Å². The number of hydrogen-bond donors (Lipinski definition) is 1. The summed E-state index contributed by atoms with van der Waals surface area (Å²) in [5, 5.41) is 0. The third-order valence-corrected chi connectivity index (χ3v) is 2.17. The van der Waals surface area contributed by atoms with Crippen LogP contribution in [0.5, 0.6) is 0 Å². The van der Waals surface area contributed by atoms with Gasteiger partial charge in [-0.05, 0) is 6.42 Å². The van der Waals surface area contributed by atoms with Crippen molar-refractivity contribution in [2.75, 3.05) is 5.75 Å². The summed E-state index contributed by atoms with van der Waals surface area (Å²) in [6.45, 7) is 1.91. The third kappa shape index (κ3) is 8.45. The molecule has 62 valence electrons. The van der Waals surface area contributed by atoms with Crippen LogP contribution in [0.3, 0.4) is 0 Å². The van der Waals surface area contributed by atoms with Crippen molar-refractivity contribution in [1.29, 1.82) is 0 Å². The van der Waals surface area contributed by atoms with Crippen LogP contribution < -0.4 is 4.13 Å². The first-order valence-electron chi connectivity index (χ1n) is 2.68. The van der Waals surface area contributed by atoms with Crippen LogP contribution in [-0.2, 0) is 0 Å². The summed E-state index contributed by atoms with van der Waals surface area (Å²) in [6.07, 6.45) is 0.871. The SMILES string of the molecule is CCCSNSC(F)(F)F. The van der Waals surface area contributed by atoms with E-state index in [1.807, 2.05) is 6.92 Å². The Hall–Kier alpha value is 0.450. The Balaban J connectivity index is 3.04. The van der Waals surface area contributed by atoms with Gasteiger partial charge in [0.2, 0.25) is 0 Å². The van der Waals surface area contributed by atoms with Gasteiger partial charge in [0.15, 0.2) is 0 Å². The summed E-state index contributed by atoms with van der Waals surface area (Å²) in [4.78, 5) is 0. The number of hydrogen-bond acceptors (Lipinski definition) is 3. The predicted octanol–water partition coefficient (Wildman–Crippen LogP) is 2.80. The molecule has 0 aliphatic rings. The zero-order chi connectivity index (χ0) is 8.04. The maximum Gasteiger partial charge on any atom is 0.456 e. The Kier molecular flexibility index (Phi) is 5.38. The zero-order valence-electron chi connectivity index (χ0n) is 5.36. The molecule has 0 aliphatic heterocycles. The van der Waals surface area contributed by atoms with Crippen molar-refractivity contribution in [2.45, 2.75) is 18.9 Å². The quantitative estimate of drug-likeness (QED) is 0.542. The average Bonchev–Trinajstić information content (AvgIpc) is 1.78. The fourth-order valence-corrected chi connectivity index (χ4v) is 1.37. The molecule has 0 rings (SSSR count).